The zero-order valence-corrected chi connectivity index (χ0v) is 15.9. The smallest absolute Gasteiger partial charge is 0.338 e. The fourth-order valence-corrected chi connectivity index (χ4v) is 2.88. The number of hydrogen-bond acceptors (Lipinski definition) is 4. The van der Waals surface area contributed by atoms with Gasteiger partial charge in [-0.3, -0.25) is 0 Å². The lowest BCUT2D eigenvalue weighted by Gasteiger charge is -2.14. The van der Waals surface area contributed by atoms with Crippen molar-refractivity contribution in [3.63, 3.8) is 0 Å². The van der Waals surface area contributed by atoms with E-state index in [1.165, 1.54) is 11.1 Å². The highest BCUT2D eigenvalue weighted by atomic mass is 16.5. The molecule has 0 aromatic heterocycles. The molecular formula is C23H24N2O2. The van der Waals surface area contributed by atoms with E-state index in [4.69, 9.17) is 4.74 Å². The number of esters is 1. The van der Waals surface area contributed by atoms with E-state index in [9.17, 15) is 4.79 Å². The van der Waals surface area contributed by atoms with Crippen LogP contribution < -0.4 is 10.6 Å². The third kappa shape index (κ3) is 5.11. The molecule has 0 aliphatic heterocycles. The SMILES string of the molecule is CCOC(=O)c1cc(Nc2cccc(C)c2)cc(Nc2cccc(C)c2)c1. The predicted octanol–water partition coefficient (Wildman–Crippen LogP) is 5.97. The number of anilines is 4. The van der Waals surface area contributed by atoms with Crippen LogP contribution in [-0.2, 0) is 4.74 Å². The fraction of sp³-hybridized carbons (Fsp3) is 0.174. The van der Waals surface area contributed by atoms with Gasteiger partial charge in [0, 0.05) is 22.7 Å². The maximum Gasteiger partial charge on any atom is 0.338 e. The molecule has 0 atom stereocenters. The van der Waals surface area contributed by atoms with Gasteiger partial charge in [0.2, 0.25) is 0 Å². The Balaban J connectivity index is 1.94. The number of hydrogen-bond donors (Lipinski definition) is 2. The lowest BCUT2D eigenvalue weighted by atomic mass is 10.1. The molecular weight excluding hydrogens is 336 g/mol. The Morgan fingerprint density at radius 2 is 1.30 bits per heavy atom. The van der Waals surface area contributed by atoms with Crippen LogP contribution in [0.4, 0.5) is 22.7 Å². The second-order valence-electron chi connectivity index (χ2n) is 6.51. The van der Waals surface area contributed by atoms with Crippen LogP contribution in [-0.4, -0.2) is 12.6 Å². The van der Waals surface area contributed by atoms with Gasteiger partial charge >= 0.3 is 5.97 Å². The van der Waals surface area contributed by atoms with Gasteiger partial charge in [-0.1, -0.05) is 24.3 Å². The van der Waals surface area contributed by atoms with Crippen molar-refractivity contribution in [1.29, 1.82) is 0 Å². The van der Waals surface area contributed by atoms with Crippen molar-refractivity contribution < 1.29 is 9.53 Å². The zero-order chi connectivity index (χ0) is 19.2. The minimum Gasteiger partial charge on any atom is -0.462 e. The van der Waals surface area contributed by atoms with E-state index in [2.05, 4.69) is 22.8 Å². The van der Waals surface area contributed by atoms with Crippen LogP contribution >= 0.6 is 0 Å². The third-order valence-electron chi connectivity index (χ3n) is 4.06. The van der Waals surface area contributed by atoms with Crippen molar-refractivity contribution >= 4 is 28.7 Å². The van der Waals surface area contributed by atoms with Crippen molar-refractivity contribution in [1.82, 2.24) is 0 Å². The average Bonchev–Trinajstić information content (AvgIpc) is 2.62. The summed E-state index contributed by atoms with van der Waals surface area (Å²) in [5.74, 6) is -0.335. The van der Waals surface area contributed by atoms with Gasteiger partial charge in [0.1, 0.15) is 0 Å². The summed E-state index contributed by atoms with van der Waals surface area (Å²) in [7, 11) is 0. The van der Waals surface area contributed by atoms with Crippen LogP contribution in [0.15, 0.2) is 66.7 Å². The van der Waals surface area contributed by atoms with Crippen LogP contribution in [0.3, 0.4) is 0 Å². The molecule has 138 valence electrons. The lowest BCUT2D eigenvalue weighted by molar-refractivity contribution is 0.0526. The first-order valence-electron chi connectivity index (χ1n) is 9.03. The number of benzene rings is 3. The highest BCUT2D eigenvalue weighted by Crippen LogP contribution is 2.26. The van der Waals surface area contributed by atoms with Crippen LogP contribution in [0.25, 0.3) is 0 Å². The number of aryl methyl sites for hydroxylation is 2. The van der Waals surface area contributed by atoms with Gasteiger partial charge in [-0.2, -0.15) is 0 Å². The Kier molecular flexibility index (Phi) is 5.77. The van der Waals surface area contributed by atoms with Gasteiger partial charge in [-0.15, -0.1) is 0 Å². The first-order valence-corrected chi connectivity index (χ1v) is 9.03. The number of ether oxygens (including phenoxy) is 1. The molecule has 0 aliphatic rings. The Bertz CT molecular complexity index is 885. The lowest BCUT2D eigenvalue weighted by Crippen LogP contribution is -2.06. The molecule has 0 amide bonds. The Hall–Kier alpha value is -3.27. The Labute approximate surface area is 160 Å². The number of carbonyl (C=O) groups is 1. The minimum atomic E-state index is -0.335. The molecule has 0 saturated carbocycles. The van der Waals surface area contributed by atoms with E-state index < -0.39 is 0 Å². The highest BCUT2D eigenvalue weighted by Gasteiger charge is 2.10. The molecule has 0 aliphatic carbocycles. The zero-order valence-electron chi connectivity index (χ0n) is 15.9. The maximum absolute atomic E-state index is 12.3. The van der Waals surface area contributed by atoms with E-state index in [1.807, 2.05) is 68.4 Å². The summed E-state index contributed by atoms with van der Waals surface area (Å²) in [6, 6.07) is 21.8. The Morgan fingerprint density at radius 1 is 0.778 bits per heavy atom. The monoisotopic (exact) mass is 360 g/mol. The summed E-state index contributed by atoms with van der Waals surface area (Å²) < 4.78 is 5.18. The number of rotatable bonds is 6. The minimum absolute atomic E-state index is 0.335. The first kappa shape index (κ1) is 18.5. The molecule has 3 aromatic carbocycles. The van der Waals surface area contributed by atoms with E-state index in [-0.39, 0.29) is 5.97 Å². The van der Waals surface area contributed by atoms with Crippen molar-refractivity contribution in [2.45, 2.75) is 20.8 Å². The van der Waals surface area contributed by atoms with Crippen molar-refractivity contribution in [2.75, 3.05) is 17.2 Å². The van der Waals surface area contributed by atoms with E-state index in [0.717, 1.165) is 22.7 Å². The van der Waals surface area contributed by atoms with E-state index in [0.29, 0.717) is 12.2 Å². The normalized spacial score (nSPS) is 10.3. The summed E-state index contributed by atoms with van der Waals surface area (Å²) in [4.78, 5) is 12.3. The Morgan fingerprint density at radius 3 is 1.74 bits per heavy atom. The third-order valence-corrected chi connectivity index (χ3v) is 4.06. The molecule has 3 aromatic rings. The molecule has 3 rings (SSSR count). The van der Waals surface area contributed by atoms with Gasteiger partial charge in [0.15, 0.2) is 0 Å². The van der Waals surface area contributed by atoms with Crippen molar-refractivity contribution in [3.8, 4) is 0 Å². The second kappa shape index (κ2) is 8.41. The predicted molar refractivity (Wildman–Crippen MR) is 111 cm³/mol. The largest absolute Gasteiger partial charge is 0.462 e. The van der Waals surface area contributed by atoms with Gasteiger partial charge in [-0.25, -0.2) is 4.79 Å². The average molecular weight is 360 g/mol. The molecule has 0 bridgehead atoms. The molecule has 4 nitrogen and oxygen atoms in total. The van der Waals surface area contributed by atoms with Gasteiger partial charge < -0.3 is 15.4 Å². The summed E-state index contributed by atoms with van der Waals surface area (Å²) in [6.45, 7) is 6.24. The van der Waals surface area contributed by atoms with Gasteiger partial charge in [0.05, 0.1) is 12.2 Å². The van der Waals surface area contributed by atoms with Crippen molar-refractivity contribution in [3.05, 3.63) is 83.4 Å². The quantitative estimate of drug-likeness (QED) is 0.532. The molecule has 0 unspecified atom stereocenters. The van der Waals surface area contributed by atoms with Crippen LogP contribution in [0.5, 0.6) is 0 Å². The molecule has 4 heteroatoms. The molecule has 0 fully saturated rings. The van der Waals surface area contributed by atoms with Crippen molar-refractivity contribution in [2.24, 2.45) is 0 Å². The molecule has 2 N–H and O–H groups in total. The maximum atomic E-state index is 12.3. The summed E-state index contributed by atoms with van der Waals surface area (Å²) >= 11 is 0. The summed E-state index contributed by atoms with van der Waals surface area (Å²) in [5, 5.41) is 6.74. The molecule has 27 heavy (non-hydrogen) atoms. The molecule has 0 radical (unpaired) electrons. The highest BCUT2D eigenvalue weighted by molar-refractivity contribution is 5.92. The summed E-state index contributed by atoms with van der Waals surface area (Å²) in [5.41, 5.74) is 6.42. The van der Waals surface area contributed by atoms with Gasteiger partial charge in [-0.05, 0) is 74.4 Å². The molecule has 0 heterocycles. The van der Waals surface area contributed by atoms with E-state index in [1.54, 1.807) is 6.92 Å². The fourth-order valence-electron chi connectivity index (χ4n) is 2.88. The second-order valence-corrected chi connectivity index (χ2v) is 6.51. The standard InChI is InChI=1S/C23H24N2O2/c1-4-27-23(26)18-13-21(24-19-9-5-7-16(2)11-19)15-22(14-18)25-20-10-6-8-17(3)12-20/h5-15,24-25H,4H2,1-3H3. The van der Waals surface area contributed by atoms with Crippen LogP contribution in [0.1, 0.15) is 28.4 Å². The topological polar surface area (TPSA) is 50.4 Å². The summed E-state index contributed by atoms with van der Waals surface area (Å²) in [6.07, 6.45) is 0. The first-order chi connectivity index (χ1) is 13.0. The van der Waals surface area contributed by atoms with Crippen LogP contribution in [0.2, 0.25) is 0 Å². The number of nitrogens with one attached hydrogen (secondary N) is 2. The van der Waals surface area contributed by atoms with Gasteiger partial charge in [0.25, 0.3) is 0 Å². The number of carbonyl (C=O) groups excluding carboxylic acids is 1. The van der Waals surface area contributed by atoms with Crippen LogP contribution in [0, 0.1) is 13.8 Å². The molecule has 0 spiro atoms. The van der Waals surface area contributed by atoms with E-state index >= 15 is 0 Å². The molecule has 0 saturated heterocycles.